The molecule has 0 aromatic heterocycles. The highest BCUT2D eigenvalue weighted by Gasteiger charge is 2.64. The molecule has 18 heavy (non-hydrogen) atoms. The molecule has 3 aliphatic heterocycles. The number of aliphatic hydroxyl groups is 1. The zero-order valence-corrected chi connectivity index (χ0v) is 11.2. The van der Waals surface area contributed by atoms with Gasteiger partial charge in [-0.15, -0.1) is 0 Å². The predicted octanol–water partition coefficient (Wildman–Crippen LogP) is 1.29. The van der Waals surface area contributed by atoms with Crippen LogP contribution < -0.4 is 0 Å². The van der Waals surface area contributed by atoms with Crippen LogP contribution in [-0.4, -0.2) is 47.4 Å². The smallest absolute Gasteiger partial charge is 0.115 e. The Hall–Kier alpha value is -0.630. The lowest BCUT2D eigenvalue weighted by Crippen LogP contribution is -2.59. The van der Waals surface area contributed by atoms with Crippen molar-refractivity contribution >= 4 is 0 Å². The number of fused-ring (bicyclic) bond motifs is 2. The molecular formula is C14H22N2O2. The van der Waals surface area contributed by atoms with Gasteiger partial charge in [-0.05, 0) is 46.1 Å². The zero-order chi connectivity index (χ0) is 13.0. The second-order valence-corrected chi connectivity index (χ2v) is 6.43. The molecule has 100 valence electrons. The molecule has 0 aromatic carbocycles. The van der Waals surface area contributed by atoms with Crippen molar-refractivity contribution in [3.8, 4) is 6.07 Å². The molecule has 0 aromatic rings. The van der Waals surface area contributed by atoms with E-state index < -0.39 is 11.0 Å². The second kappa shape index (κ2) is 3.93. The molecule has 0 aliphatic carbocycles. The Morgan fingerprint density at radius 3 is 2.67 bits per heavy atom. The number of nitrogens with zero attached hydrogens (tertiary/aromatic N) is 2. The molecule has 3 heterocycles. The Morgan fingerprint density at radius 2 is 2.17 bits per heavy atom. The highest BCUT2D eigenvalue weighted by atomic mass is 16.5. The van der Waals surface area contributed by atoms with Gasteiger partial charge in [-0.25, -0.2) is 0 Å². The summed E-state index contributed by atoms with van der Waals surface area (Å²) < 4.78 is 5.86. The third-order valence-electron chi connectivity index (χ3n) is 5.50. The van der Waals surface area contributed by atoms with Gasteiger partial charge in [-0.3, -0.25) is 0 Å². The number of rotatable bonds is 1. The van der Waals surface area contributed by atoms with Gasteiger partial charge in [0.05, 0.1) is 23.9 Å². The maximum atomic E-state index is 11.1. The molecule has 5 unspecified atom stereocenters. The second-order valence-electron chi connectivity index (χ2n) is 6.43. The Morgan fingerprint density at radius 1 is 1.39 bits per heavy atom. The van der Waals surface area contributed by atoms with Crippen molar-refractivity contribution in [1.29, 1.82) is 5.26 Å². The molecule has 0 radical (unpaired) electrons. The number of hydrogen-bond donors (Lipinski definition) is 1. The summed E-state index contributed by atoms with van der Waals surface area (Å²) in [7, 11) is 2.08. The van der Waals surface area contributed by atoms with Gasteiger partial charge in [0.15, 0.2) is 0 Å². The minimum atomic E-state index is -0.868. The summed E-state index contributed by atoms with van der Waals surface area (Å²) in [6, 6.07) is 2.79. The van der Waals surface area contributed by atoms with Crippen LogP contribution in [0.15, 0.2) is 0 Å². The van der Waals surface area contributed by atoms with Crippen molar-refractivity contribution in [3.05, 3.63) is 0 Å². The Bertz CT molecular complexity index is 394. The first-order chi connectivity index (χ1) is 8.51. The van der Waals surface area contributed by atoms with E-state index >= 15 is 0 Å². The van der Waals surface area contributed by atoms with E-state index in [1.54, 1.807) is 0 Å². The van der Waals surface area contributed by atoms with Crippen molar-refractivity contribution in [2.24, 2.45) is 5.41 Å². The average Bonchev–Trinajstić information content (AvgIpc) is 2.95. The van der Waals surface area contributed by atoms with E-state index in [1.807, 2.05) is 0 Å². The fourth-order valence-electron chi connectivity index (χ4n) is 4.15. The molecule has 3 fully saturated rings. The maximum absolute atomic E-state index is 11.1. The normalized spacial score (nSPS) is 52.4. The molecule has 4 heteroatoms. The largest absolute Gasteiger partial charge is 0.388 e. The highest BCUT2D eigenvalue weighted by Crippen LogP contribution is 2.56. The van der Waals surface area contributed by atoms with E-state index in [0.29, 0.717) is 18.9 Å². The third-order valence-corrected chi connectivity index (χ3v) is 5.50. The van der Waals surface area contributed by atoms with E-state index in [1.165, 1.54) is 0 Å². The Labute approximate surface area is 109 Å². The summed E-state index contributed by atoms with van der Waals surface area (Å²) in [6.45, 7) is 2.99. The van der Waals surface area contributed by atoms with E-state index in [4.69, 9.17) is 4.74 Å². The van der Waals surface area contributed by atoms with Gasteiger partial charge in [0.2, 0.25) is 0 Å². The van der Waals surface area contributed by atoms with Crippen LogP contribution in [0.4, 0.5) is 0 Å². The minimum absolute atomic E-state index is 0.0480. The average molecular weight is 250 g/mol. The summed E-state index contributed by atoms with van der Waals surface area (Å²) in [6.07, 6.45) is 4.24. The fourth-order valence-corrected chi connectivity index (χ4v) is 4.15. The van der Waals surface area contributed by atoms with Gasteiger partial charge in [-0.2, -0.15) is 5.26 Å². The Kier molecular flexibility index (Phi) is 2.71. The number of piperidine rings is 1. The lowest BCUT2D eigenvalue weighted by molar-refractivity contribution is -0.127. The van der Waals surface area contributed by atoms with Crippen LogP contribution in [0, 0.1) is 16.7 Å². The Balaban J connectivity index is 1.90. The summed E-state index contributed by atoms with van der Waals surface area (Å²) in [4.78, 5) is 2.26. The van der Waals surface area contributed by atoms with Crippen LogP contribution in [0.2, 0.25) is 0 Å². The maximum Gasteiger partial charge on any atom is 0.115 e. The van der Waals surface area contributed by atoms with Crippen molar-refractivity contribution < 1.29 is 9.84 Å². The van der Waals surface area contributed by atoms with Crippen molar-refractivity contribution in [3.63, 3.8) is 0 Å². The number of nitriles is 1. The van der Waals surface area contributed by atoms with Crippen LogP contribution in [0.3, 0.4) is 0 Å². The van der Waals surface area contributed by atoms with Crippen molar-refractivity contribution in [2.45, 2.75) is 62.9 Å². The first-order valence-corrected chi connectivity index (χ1v) is 7.00. The van der Waals surface area contributed by atoms with E-state index in [9.17, 15) is 10.4 Å². The molecular weight excluding hydrogens is 228 g/mol. The van der Waals surface area contributed by atoms with Gasteiger partial charge in [0, 0.05) is 12.6 Å². The number of likely N-dealkylation sites (tertiary alicyclic amines) is 1. The topological polar surface area (TPSA) is 56.5 Å². The first kappa shape index (κ1) is 12.4. The molecule has 2 bridgehead atoms. The van der Waals surface area contributed by atoms with E-state index in [2.05, 4.69) is 24.9 Å². The van der Waals surface area contributed by atoms with Crippen LogP contribution in [-0.2, 0) is 4.74 Å². The SMILES string of the molecule is CC1CC(O)(C2(C#N)CC3CCC2O3)CCN1C. The lowest BCUT2D eigenvalue weighted by Gasteiger charge is -2.50. The van der Waals surface area contributed by atoms with E-state index in [0.717, 1.165) is 25.8 Å². The van der Waals surface area contributed by atoms with Gasteiger partial charge in [0.1, 0.15) is 5.41 Å². The minimum Gasteiger partial charge on any atom is -0.388 e. The summed E-state index contributed by atoms with van der Waals surface area (Å²) in [5.74, 6) is 0. The third kappa shape index (κ3) is 1.48. The van der Waals surface area contributed by atoms with Crippen LogP contribution in [0.25, 0.3) is 0 Å². The molecule has 3 saturated heterocycles. The van der Waals surface area contributed by atoms with Crippen LogP contribution >= 0.6 is 0 Å². The van der Waals surface area contributed by atoms with Crippen molar-refractivity contribution in [1.82, 2.24) is 4.90 Å². The van der Waals surface area contributed by atoms with Crippen molar-refractivity contribution in [2.75, 3.05) is 13.6 Å². The van der Waals surface area contributed by atoms with Gasteiger partial charge >= 0.3 is 0 Å². The van der Waals surface area contributed by atoms with Crippen LogP contribution in [0.1, 0.15) is 39.0 Å². The first-order valence-electron chi connectivity index (χ1n) is 7.00. The number of hydrogen-bond acceptors (Lipinski definition) is 4. The molecule has 0 saturated carbocycles. The standard InChI is InChI=1S/C14H22N2O2/c1-10-7-14(17,5-6-16(10)2)13(9-15)8-11-3-4-12(13)18-11/h10-12,17H,3-8H2,1-2H3. The molecule has 5 atom stereocenters. The summed E-state index contributed by atoms with van der Waals surface area (Å²) >= 11 is 0. The molecule has 0 spiro atoms. The number of ether oxygens (including phenoxy) is 1. The lowest BCUT2D eigenvalue weighted by atomic mass is 9.60. The molecule has 3 rings (SSSR count). The van der Waals surface area contributed by atoms with Gasteiger partial charge < -0.3 is 14.7 Å². The van der Waals surface area contributed by atoms with Gasteiger partial charge in [0.25, 0.3) is 0 Å². The van der Waals surface area contributed by atoms with Gasteiger partial charge in [-0.1, -0.05) is 0 Å². The molecule has 0 amide bonds. The fraction of sp³-hybridized carbons (Fsp3) is 0.929. The van der Waals surface area contributed by atoms with E-state index in [-0.39, 0.29) is 12.2 Å². The monoisotopic (exact) mass is 250 g/mol. The summed E-state index contributed by atoms with van der Waals surface area (Å²) in [5.41, 5.74) is -1.53. The summed E-state index contributed by atoms with van der Waals surface area (Å²) in [5, 5.41) is 20.8. The zero-order valence-electron chi connectivity index (χ0n) is 11.2. The molecule has 4 nitrogen and oxygen atoms in total. The molecule has 3 aliphatic rings. The predicted molar refractivity (Wildman–Crippen MR) is 66.8 cm³/mol. The quantitative estimate of drug-likeness (QED) is 0.762. The highest BCUT2D eigenvalue weighted by molar-refractivity contribution is 5.22. The van der Waals surface area contributed by atoms with Crippen LogP contribution in [0.5, 0.6) is 0 Å². The molecule has 1 N–H and O–H groups in total.